The summed E-state index contributed by atoms with van der Waals surface area (Å²) >= 11 is 0. The molecule has 0 radical (unpaired) electrons. The van der Waals surface area contributed by atoms with Gasteiger partial charge >= 0.3 is 5.97 Å². The molecule has 2 rings (SSSR count). The van der Waals surface area contributed by atoms with Crippen molar-refractivity contribution >= 4 is 5.97 Å². The lowest BCUT2D eigenvalue weighted by molar-refractivity contribution is 0.0684. The number of nitrogens with zero attached hydrogens (tertiary/aromatic N) is 2. The van der Waals surface area contributed by atoms with Crippen LogP contribution in [-0.2, 0) is 13.0 Å². The Hall–Kier alpha value is -2.10. The molecule has 0 atom stereocenters. The van der Waals surface area contributed by atoms with Gasteiger partial charge in [-0.1, -0.05) is 6.07 Å². The van der Waals surface area contributed by atoms with Crippen molar-refractivity contribution < 1.29 is 9.90 Å². The molecular formula is C13H14N2O2. The van der Waals surface area contributed by atoms with Gasteiger partial charge < -0.3 is 9.67 Å². The summed E-state index contributed by atoms with van der Waals surface area (Å²) in [7, 11) is 0. The first-order valence-electron chi connectivity index (χ1n) is 5.46. The van der Waals surface area contributed by atoms with Crippen LogP contribution in [0.25, 0.3) is 0 Å². The number of rotatable bonds is 4. The Labute approximate surface area is 99.5 Å². The summed E-state index contributed by atoms with van der Waals surface area (Å²) in [6, 6.07) is 5.70. The highest BCUT2D eigenvalue weighted by molar-refractivity contribution is 5.87. The first-order valence-corrected chi connectivity index (χ1v) is 5.46. The Morgan fingerprint density at radius 3 is 2.94 bits per heavy atom. The molecule has 0 fully saturated rings. The van der Waals surface area contributed by atoms with Gasteiger partial charge in [0.05, 0.1) is 0 Å². The van der Waals surface area contributed by atoms with E-state index in [9.17, 15) is 4.79 Å². The maximum absolute atomic E-state index is 11.1. The highest BCUT2D eigenvalue weighted by Gasteiger charge is 2.12. The average Bonchev–Trinajstić information content (AvgIpc) is 2.69. The number of hydrogen-bond donors (Lipinski definition) is 1. The number of carbonyl (C=O) groups is 1. The molecule has 4 nitrogen and oxygen atoms in total. The third-order valence-electron chi connectivity index (χ3n) is 2.73. The van der Waals surface area contributed by atoms with E-state index < -0.39 is 5.97 Å². The summed E-state index contributed by atoms with van der Waals surface area (Å²) in [5, 5.41) is 9.10. The van der Waals surface area contributed by atoms with Crippen LogP contribution in [0, 0.1) is 6.92 Å². The highest BCUT2D eigenvalue weighted by Crippen LogP contribution is 2.11. The molecule has 0 bridgehead atoms. The zero-order valence-electron chi connectivity index (χ0n) is 9.63. The lowest BCUT2D eigenvalue weighted by atomic mass is 10.2. The molecule has 0 aliphatic heterocycles. The number of carboxylic acid groups (broad SMARTS) is 1. The van der Waals surface area contributed by atoms with Crippen LogP contribution in [0.2, 0.25) is 0 Å². The topological polar surface area (TPSA) is 55.1 Å². The van der Waals surface area contributed by atoms with Crippen molar-refractivity contribution in [2.45, 2.75) is 19.9 Å². The smallest absolute Gasteiger partial charge is 0.352 e. The molecule has 1 N–H and O–H groups in total. The number of aromatic carboxylic acids is 1. The van der Waals surface area contributed by atoms with Gasteiger partial charge in [0.2, 0.25) is 0 Å². The van der Waals surface area contributed by atoms with Gasteiger partial charge in [-0.2, -0.15) is 0 Å². The van der Waals surface area contributed by atoms with Gasteiger partial charge in [-0.05, 0) is 36.6 Å². The molecular weight excluding hydrogens is 216 g/mol. The van der Waals surface area contributed by atoms with Crippen LogP contribution in [0.1, 0.15) is 21.6 Å². The molecule has 0 aliphatic carbocycles. The lowest BCUT2D eigenvalue weighted by Gasteiger charge is -2.06. The molecule has 0 aliphatic rings. The van der Waals surface area contributed by atoms with Crippen molar-refractivity contribution in [3.8, 4) is 0 Å². The molecule has 0 amide bonds. The number of aromatic nitrogens is 2. The summed E-state index contributed by atoms with van der Waals surface area (Å²) in [6.45, 7) is 2.46. The van der Waals surface area contributed by atoms with Gasteiger partial charge in [-0.3, -0.25) is 4.98 Å². The predicted molar refractivity (Wildman–Crippen MR) is 64.1 cm³/mol. The normalized spacial score (nSPS) is 10.4. The van der Waals surface area contributed by atoms with Crippen LogP contribution in [0.4, 0.5) is 0 Å². The quantitative estimate of drug-likeness (QED) is 0.875. The molecule has 2 heterocycles. The summed E-state index contributed by atoms with van der Waals surface area (Å²) in [6.07, 6.45) is 6.13. The number of pyridine rings is 1. The van der Waals surface area contributed by atoms with Crippen molar-refractivity contribution in [3.63, 3.8) is 0 Å². The predicted octanol–water partition coefficient (Wildman–Crippen LogP) is 2.13. The van der Waals surface area contributed by atoms with E-state index in [1.165, 1.54) is 0 Å². The van der Waals surface area contributed by atoms with Crippen molar-refractivity contribution in [2.24, 2.45) is 0 Å². The Morgan fingerprint density at radius 2 is 2.29 bits per heavy atom. The van der Waals surface area contributed by atoms with Gasteiger partial charge in [-0.15, -0.1) is 0 Å². The van der Waals surface area contributed by atoms with E-state index in [1.54, 1.807) is 17.0 Å². The maximum atomic E-state index is 11.1. The Balaban J connectivity index is 2.12. The van der Waals surface area contributed by atoms with Crippen LogP contribution in [0.15, 0.2) is 36.8 Å². The van der Waals surface area contributed by atoms with E-state index in [0.29, 0.717) is 12.2 Å². The molecule has 0 saturated carbocycles. The first kappa shape index (κ1) is 11.4. The SMILES string of the molecule is Cc1ccn(CCc2cccnc2)c1C(=O)O. The molecule has 2 aromatic heterocycles. The summed E-state index contributed by atoms with van der Waals surface area (Å²) in [5.41, 5.74) is 2.27. The maximum Gasteiger partial charge on any atom is 0.352 e. The van der Waals surface area contributed by atoms with Crippen LogP contribution >= 0.6 is 0 Å². The minimum atomic E-state index is -0.876. The van der Waals surface area contributed by atoms with E-state index in [0.717, 1.165) is 17.5 Å². The van der Waals surface area contributed by atoms with Crippen molar-refractivity contribution in [1.29, 1.82) is 0 Å². The van der Waals surface area contributed by atoms with E-state index in [2.05, 4.69) is 4.98 Å². The fraction of sp³-hybridized carbons (Fsp3) is 0.231. The van der Waals surface area contributed by atoms with Crippen molar-refractivity contribution in [1.82, 2.24) is 9.55 Å². The highest BCUT2D eigenvalue weighted by atomic mass is 16.4. The van der Waals surface area contributed by atoms with Gasteiger partial charge in [-0.25, -0.2) is 4.79 Å². The molecule has 0 unspecified atom stereocenters. The number of hydrogen-bond acceptors (Lipinski definition) is 2. The molecule has 88 valence electrons. The fourth-order valence-electron chi connectivity index (χ4n) is 1.86. The Morgan fingerprint density at radius 1 is 1.47 bits per heavy atom. The van der Waals surface area contributed by atoms with Gasteiger partial charge in [0.15, 0.2) is 0 Å². The van der Waals surface area contributed by atoms with E-state index >= 15 is 0 Å². The van der Waals surface area contributed by atoms with Crippen LogP contribution in [0.3, 0.4) is 0 Å². The van der Waals surface area contributed by atoms with E-state index in [4.69, 9.17) is 5.11 Å². The summed E-state index contributed by atoms with van der Waals surface area (Å²) < 4.78 is 1.77. The number of aryl methyl sites for hydroxylation is 3. The molecule has 0 saturated heterocycles. The Bertz CT molecular complexity index is 517. The second kappa shape index (κ2) is 4.82. The second-order valence-corrected chi connectivity index (χ2v) is 3.96. The average molecular weight is 230 g/mol. The van der Waals surface area contributed by atoms with Crippen LogP contribution in [0.5, 0.6) is 0 Å². The monoisotopic (exact) mass is 230 g/mol. The largest absolute Gasteiger partial charge is 0.477 e. The van der Waals surface area contributed by atoms with Gasteiger partial charge in [0.1, 0.15) is 5.69 Å². The molecule has 2 aromatic rings. The minimum Gasteiger partial charge on any atom is -0.477 e. The second-order valence-electron chi connectivity index (χ2n) is 3.96. The van der Waals surface area contributed by atoms with Crippen LogP contribution < -0.4 is 0 Å². The zero-order chi connectivity index (χ0) is 12.3. The first-order chi connectivity index (χ1) is 8.18. The van der Waals surface area contributed by atoms with Crippen molar-refractivity contribution in [3.05, 3.63) is 53.6 Å². The molecule has 4 heteroatoms. The third kappa shape index (κ3) is 2.53. The minimum absolute atomic E-state index is 0.369. The summed E-state index contributed by atoms with van der Waals surface area (Å²) in [4.78, 5) is 15.1. The van der Waals surface area contributed by atoms with Gasteiger partial charge in [0.25, 0.3) is 0 Å². The van der Waals surface area contributed by atoms with E-state index in [1.807, 2.05) is 31.3 Å². The fourth-order valence-corrected chi connectivity index (χ4v) is 1.86. The standard InChI is InChI=1S/C13H14N2O2/c1-10-4-7-15(12(10)13(16)17)8-5-11-3-2-6-14-9-11/h2-4,6-7,9H,5,8H2,1H3,(H,16,17). The molecule has 17 heavy (non-hydrogen) atoms. The third-order valence-corrected chi connectivity index (χ3v) is 2.73. The number of carboxylic acids is 1. The van der Waals surface area contributed by atoms with Gasteiger partial charge in [0, 0.05) is 25.1 Å². The van der Waals surface area contributed by atoms with Crippen molar-refractivity contribution in [2.75, 3.05) is 0 Å². The lowest BCUT2D eigenvalue weighted by Crippen LogP contribution is -2.10. The summed E-state index contributed by atoms with van der Waals surface area (Å²) in [5.74, 6) is -0.876. The Kier molecular flexibility index (Phi) is 3.23. The zero-order valence-corrected chi connectivity index (χ0v) is 9.63. The molecule has 0 aromatic carbocycles. The van der Waals surface area contributed by atoms with Crippen LogP contribution in [-0.4, -0.2) is 20.6 Å². The molecule has 0 spiro atoms. The van der Waals surface area contributed by atoms with E-state index in [-0.39, 0.29) is 0 Å².